The third kappa shape index (κ3) is 4.55. The lowest BCUT2D eigenvalue weighted by molar-refractivity contribution is -0.162. The van der Waals surface area contributed by atoms with Gasteiger partial charge < -0.3 is 9.80 Å². The van der Waals surface area contributed by atoms with Gasteiger partial charge in [0.2, 0.25) is 5.91 Å². The van der Waals surface area contributed by atoms with Gasteiger partial charge in [0.15, 0.2) is 0 Å². The van der Waals surface area contributed by atoms with E-state index in [0.717, 1.165) is 51.4 Å². The van der Waals surface area contributed by atoms with E-state index in [1.807, 2.05) is 0 Å². The maximum atomic E-state index is 14.9. The third-order valence-electron chi connectivity index (χ3n) is 7.32. The predicted octanol–water partition coefficient (Wildman–Crippen LogP) is 5.37. The quantitative estimate of drug-likeness (QED) is 0.624. The summed E-state index contributed by atoms with van der Waals surface area (Å²) in [5.74, 6) is -0.464. The zero-order valence-electron chi connectivity index (χ0n) is 18.0. The molecule has 2 aliphatic carbocycles. The largest absolute Gasteiger partial charge is 0.328 e. The van der Waals surface area contributed by atoms with Crippen LogP contribution in [0.1, 0.15) is 95.1 Å². The fourth-order valence-electron chi connectivity index (χ4n) is 5.71. The fraction of sp³-hybridized carbons (Fsp3) is 0.680. The van der Waals surface area contributed by atoms with E-state index in [0.29, 0.717) is 5.56 Å². The Morgan fingerprint density at radius 2 is 1.27 bits per heavy atom. The molecule has 2 amide bonds. The van der Waals surface area contributed by atoms with Crippen molar-refractivity contribution in [1.29, 1.82) is 0 Å². The summed E-state index contributed by atoms with van der Waals surface area (Å²) in [4.78, 5) is 30.9. The van der Waals surface area contributed by atoms with E-state index in [1.54, 1.807) is 28.0 Å². The molecule has 3 fully saturated rings. The van der Waals surface area contributed by atoms with E-state index in [2.05, 4.69) is 0 Å². The second-order valence-corrected chi connectivity index (χ2v) is 9.34. The first-order chi connectivity index (χ1) is 14.7. The molecule has 1 aromatic rings. The molecule has 0 spiro atoms. The van der Waals surface area contributed by atoms with E-state index in [4.69, 9.17) is 0 Å². The summed E-state index contributed by atoms with van der Waals surface area (Å²) in [6.45, 7) is 0.158. The molecule has 0 aromatic heterocycles. The number of halogens is 1. The Labute approximate surface area is 179 Å². The van der Waals surface area contributed by atoms with Gasteiger partial charge in [-0.25, -0.2) is 4.39 Å². The Bertz CT molecular complexity index is 736. The van der Waals surface area contributed by atoms with Crippen LogP contribution in [0.15, 0.2) is 24.3 Å². The topological polar surface area (TPSA) is 40.6 Å². The van der Waals surface area contributed by atoms with Gasteiger partial charge in [-0.05, 0) is 31.7 Å². The van der Waals surface area contributed by atoms with Crippen LogP contribution in [0.3, 0.4) is 0 Å². The van der Waals surface area contributed by atoms with Gasteiger partial charge in [0, 0.05) is 17.6 Å². The van der Waals surface area contributed by atoms with Crippen LogP contribution in [0.5, 0.6) is 0 Å². The highest BCUT2D eigenvalue weighted by molar-refractivity contribution is 5.96. The molecule has 1 aliphatic heterocycles. The molecule has 1 heterocycles. The van der Waals surface area contributed by atoms with Gasteiger partial charge in [-0.3, -0.25) is 9.59 Å². The van der Waals surface area contributed by atoms with Crippen LogP contribution in [0, 0.1) is 5.82 Å². The van der Waals surface area contributed by atoms with E-state index >= 15 is 0 Å². The molecule has 1 unspecified atom stereocenters. The second kappa shape index (κ2) is 9.93. The number of hydrogen-bond acceptors (Lipinski definition) is 2. The van der Waals surface area contributed by atoms with Crippen molar-refractivity contribution >= 4 is 11.8 Å². The highest BCUT2D eigenvalue weighted by atomic mass is 19.1. The minimum absolute atomic E-state index is 0.00215. The van der Waals surface area contributed by atoms with Gasteiger partial charge >= 0.3 is 0 Å². The van der Waals surface area contributed by atoms with E-state index in [-0.39, 0.29) is 36.3 Å². The Kier molecular flexibility index (Phi) is 7.06. The number of rotatable bonds is 3. The van der Waals surface area contributed by atoms with Crippen LogP contribution in [-0.4, -0.2) is 40.2 Å². The number of nitrogens with zero attached hydrogens (tertiary/aromatic N) is 2. The van der Waals surface area contributed by atoms with Gasteiger partial charge in [0.25, 0.3) is 5.91 Å². The standard InChI is InChI=1S/C25H35FN2O2/c26-22-17-11-10-16-21(22)24-25(30)27(19-12-6-4-5-7-13-19)18-23(29)28(24)20-14-8-2-1-3-9-15-20/h10-11,16-17,19-20,24H,1-9,12-15,18H2. The maximum Gasteiger partial charge on any atom is 0.250 e. The first-order valence-electron chi connectivity index (χ1n) is 12.0. The van der Waals surface area contributed by atoms with Crippen molar-refractivity contribution in [2.24, 2.45) is 0 Å². The van der Waals surface area contributed by atoms with E-state index < -0.39 is 6.04 Å². The lowest BCUT2D eigenvalue weighted by Crippen LogP contribution is -2.60. The zero-order valence-corrected chi connectivity index (χ0v) is 18.0. The van der Waals surface area contributed by atoms with Crippen molar-refractivity contribution in [3.8, 4) is 0 Å². The number of amides is 2. The molecule has 0 bridgehead atoms. The zero-order chi connectivity index (χ0) is 20.9. The van der Waals surface area contributed by atoms with Gasteiger partial charge in [-0.2, -0.15) is 0 Å². The van der Waals surface area contributed by atoms with Crippen LogP contribution >= 0.6 is 0 Å². The molecule has 1 atom stereocenters. The average Bonchev–Trinajstić information content (AvgIpc) is 3.00. The first kappa shape index (κ1) is 21.3. The third-order valence-corrected chi connectivity index (χ3v) is 7.32. The molecule has 2 saturated carbocycles. The SMILES string of the molecule is O=C1C(c2ccccc2F)N(C2CCCCCCC2)C(=O)CN1C1CCCCCC1. The average molecular weight is 415 g/mol. The highest BCUT2D eigenvalue weighted by Crippen LogP contribution is 2.37. The Morgan fingerprint density at radius 3 is 1.87 bits per heavy atom. The summed E-state index contributed by atoms with van der Waals surface area (Å²) in [6.07, 6.45) is 14.0. The van der Waals surface area contributed by atoms with E-state index in [9.17, 15) is 14.0 Å². The normalized spacial score (nSPS) is 25.7. The lowest BCUT2D eigenvalue weighted by Gasteiger charge is -2.47. The van der Waals surface area contributed by atoms with Crippen molar-refractivity contribution in [1.82, 2.24) is 9.80 Å². The van der Waals surface area contributed by atoms with Crippen molar-refractivity contribution in [3.63, 3.8) is 0 Å². The van der Waals surface area contributed by atoms with E-state index in [1.165, 1.54) is 38.2 Å². The van der Waals surface area contributed by atoms with Crippen molar-refractivity contribution in [2.75, 3.05) is 6.54 Å². The van der Waals surface area contributed by atoms with Gasteiger partial charge in [0.1, 0.15) is 18.4 Å². The van der Waals surface area contributed by atoms with Crippen LogP contribution in [-0.2, 0) is 9.59 Å². The van der Waals surface area contributed by atoms with Crippen LogP contribution in [0.4, 0.5) is 4.39 Å². The minimum atomic E-state index is -0.819. The molecule has 1 aromatic carbocycles. The Balaban J connectivity index is 1.67. The van der Waals surface area contributed by atoms with Gasteiger partial charge in [-0.15, -0.1) is 0 Å². The maximum absolute atomic E-state index is 14.9. The second-order valence-electron chi connectivity index (χ2n) is 9.34. The number of carbonyl (C=O) groups excluding carboxylic acids is 2. The van der Waals surface area contributed by atoms with Crippen LogP contribution < -0.4 is 0 Å². The van der Waals surface area contributed by atoms with Crippen LogP contribution in [0.25, 0.3) is 0 Å². The smallest absolute Gasteiger partial charge is 0.250 e. The molecular formula is C25H35FN2O2. The molecular weight excluding hydrogens is 379 g/mol. The summed E-state index contributed by atoms with van der Waals surface area (Å²) >= 11 is 0. The van der Waals surface area contributed by atoms with Gasteiger partial charge in [0.05, 0.1) is 0 Å². The number of carbonyl (C=O) groups is 2. The summed E-state index contributed by atoms with van der Waals surface area (Å²) in [5.41, 5.74) is 0.358. The van der Waals surface area contributed by atoms with Crippen molar-refractivity contribution in [2.45, 2.75) is 102 Å². The van der Waals surface area contributed by atoms with Crippen molar-refractivity contribution in [3.05, 3.63) is 35.6 Å². The molecule has 164 valence electrons. The van der Waals surface area contributed by atoms with Crippen molar-refractivity contribution < 1.29 is 14.0 Å². The Morgan fingerprint density at radius 1 is 0.733 bits per heavy atom. The van der Waals surface area contributed by atoms with Gasteiger partial charge in [-0.1, -0.05) is 76.0 Å². The number of hydrogen-bond donors (Lipinski definition) is 0. The molecule has 0 N–H and O–H groups in total. The first-order valence-corrected chi connectivity index (χ1v) is 12.0. The molecule has 0 radical (unpaired) electrons. The molecule has 4 nitrogen and oxygen atoms in total. The molecule has 1 saturated heterocycles. The highest BCUT2D eigenvalue weighted by Gasteiger charge is 2.46. The van der Waals surface area contributed by atoms with Crippen LogP contribution in [0.2, 0.25) is 0 Å². The summed E-state index contributed by atoms with van der Waals surface area (Å²) in [7, 11) is 0. The fourth-order valence-corrected chi connectivity index (χ4v) is 5.71. The summed E-state index contributed by atoms with van der Waals surface area (Å²) in [6, 6.07) is 5.85. The number of benzene rings is 1. The molecule has 30 heavy (non-hydrogen) atoms. The Hall–Kier alpha value is -1.91. The molecule has 3 aliphatic rings. The summed E-state index contributed by atoms with van der Waals surface area (Å²) in [5, 5.41) is 0. The predicted molar refractivity (Wildman–Crippen MR) is 115 cm³/mol. The monoisotopic (exact) mass is 414 g/mol. The lowest BCUT2D eigenvalue weighted by atomic mass is 9.90. The number of piperazine rings is 1. The molecule has 4 rings (SSSR count). The molecule has 5 heteroatoms. The minimum Gasteiger partial charge on any atom is -0.328 e. The summed E-state index contributed by atoms with van der Waals surface area (Å²) < 4.78 is 14.9.